The lowest BCUT2D eigenvalue weighted by molar-refractivity contribution is -0.142. The van der Waals surface area contributed by atoms with E-state index in [1.54, 1.807) is 54.6 Å². The van der Waals surface area contributed by atoms with E-state index in [-0.39, 0.29) is 22.4 Å². The quantitative estimate of drug-likeness (QED) is 0.319. The summed E-state index contributed by atoms with van der Waals surface area (Å²) < 4.78 is 58.7. The van der Waals surface area contributed by atoms with Gasteiger partial charge >= 0.3 is 12.3 Å². The van der Waals surface area contributed by atoms with Crippen molar-refractivity contribution in [3.8, 4) is 22.5 Å². The van der Waals surface area contributed by atoms with Gasteiger partial charge in [0.2, 0.25) is 10.9 Å². The minimum Gasteiger partial charge on any atom is -0.465 e. The number of alkyl halides is 3. The first-order valence-corrected chi connectivity index (χ1v) is 13.2. The van der Waals surface area contributed by atoms with Crippen LogP contribution in [-0.2, 0) is 22.9 Å². The summed E-state index contributed by atoms with van der Waals surface area (Å²) in [5.41, 5.74) is 0.140. The van der Waals surface area contributed by atoms with Crippen LogP contribution in [0.15, 0.2) is 69.0 Å². The van der Waals surface area contributed by atoms with Crippen LogP contribution in [0.3, 0.4) is 0 Å². The van der Waals surface area contributed by atoms with Gasteiger partial charge in [0.25, 0.3) is 5.56 Å². The number of aromatic nitrogens is 2. The van der Waals surface area contributed by atoms with E-state index >= 15 is 0 Å². The van der Waals surface area contributed by atoms with Crippen LogP contribution in [-0.4, -0.2) is 37.4 Å². The topological polar surface area (TPSA) is 114 Å². The highest BCUT2D eigenvalue weighted by Crippen LogP contribution is 2.43. The number of furan rings is 1. The molecule has 4 aromatic rings. The Morgan fingerprint density at radius 1 is 1.13 bits per heavy atom. The molecule has 0 aliphatic heterocycles. The van der Waals surface area contributed by atoms with Gasteiger partial charge in [-0.1, -0.05) is 54.6 Å². The Morgan fingerprint density at radius 2 is 1.79 bits per heavy atom. The van der Waals surface area contributed by atoms with E-state index < -0.39 is 45.9 Å². The normalized spacial score (nSPS) is 15.7. The zero-order valence-corrected chi connectivity index (χ0v) is 20.9. The highest BCUT2D eigenvalue weighted by molar-refractivity contribution is 7.84. The van der Waals surface area contributed by atoms with E-state index in [1.807, 2.05) is 0 Å². The van der Waals surface area contributed by atoms with Gasteiger partial charge < -0.3 is 14.8 Å². The number of carboxylic acid groups (broad SMARTS) is 1. The Balaban J connectivity index is 1.73. The van der Waals surface area contributed by atoms with Crippen molar-refractivity contribution in [1.82, 2.24) is 14.9 Å². The minimum atomic E-state index is -4.75. The second kappa shape index (κ2) is 9.43. The summed E-state index contributed by atoms with van der Waals surface area (Å²) in [6.07, 6.45) is -2.55. The van der Waals surface area contributed by atoms with E-state index in [1.165, 1.54) is 0 Å². The van der Waals surface area contributed by atoms with Crippen LogP contribution in [0.2, 0.25) is 0 Å². The number of carbonyl (C=O) groups is 1. The molecule has 38 heavy (non-hydrogen) atoms. The van der Waals surface area contributed by atoms with Crippen molar-refractivity contribution >= 4 is 28.0 Å². The number of nitrogens with zero attached hydrogens (tertiary/aromatic N) is 2. The molecule has 0 saturated heterocycles. The van der Waals surface area contributed by atoms with E-state index in [0.717, 1.165) is 18.2 Å². The number of hydrogen-bond acceptors (Lipinski definition) is 5. The van der Waals surface area contributed by atoms with Crippen LogP contribution in [0.1, 0.15) is 24.8 Å². The molecule has 8 nitrogen and oxygen atoms in total. The van der Waals surface area contributed by atoms with Crippen LogP contribution in [0.25, 0.3) is 33.6 Å². The predicted molar refractivity (Wildman–Crippen MR) is 134 cm³/mol. The molecule has 198 valence electrons. The largest absolute Gasteiger partial charge is 0.465 e. The molecule has 0 bridgehead atoms. The summed E-state index contributed by atoms with van der Waals surface area (Å²) in [6, 6.07) is 15.5. The highest BCUT2D eigenvalue weighted by Gasteiger charge is 2.40. The molecule has 1 aliphatic carbocycles. The van der Waals surface area contributed by atoms with E-state index in [2.05, 4.69) is 10.3 Å². The summed E-state index contributed by atoms with van der Waals surface area (Å²) in [5, 5.41) is 11.2. The van der Waals surface area contributed by atoms with E-state index in [9.17, 15) is 32.1 Å². The van der Waals surface area contributed by atoms with Gasteiger partial charge in [0.05, 0.1) is 16.3 Å². The molecule has 2 aromatic heterocycles. The van der Waals surface area contributed by atoms with Gasteiger partial charge in [-0.25, -0.2) is 4.79 Å². The van der Waals surface area contributed by atoms with Crippen LogP contribution >= 0.6 is 0 Å². The van der Waals surface area contributed by atoms with E-state index in [4.69, 9.17) is 4.42 Å². The van der Waals surface area contributed by atoms with Gasteiger partial charge in [0.15, 0.2) is 0 Å². The highest BCUT2D eigenvalue weighted by atomic mass is 32.2. The van der Waals surface area contributed by atoms with Gasteiger partial charge in [-0.2, -0.15) is 18.2 Å². The lowest BCUT2D eigenvalue weighted by atomic mass is 9.72. The monoisotopic (exact) mass is 545 g/mol. The number of fused-ring (bicyclic) bond motifs is 1. The van der Waals surface area contributed by atoms with Crippen LogP contribution < -0.4 is 10.9 Å². The lowest BCUT2D eigenvalue weighted by Gasteiger charge is -2.42. The third-order valence-corrected chi connectivity index (χ3v) is 7.51. The van der Waals surface area contributed by atoms with Crippen LogP contribution in [0.5, 0.6) is 0 Å². The Kier molecular flexibility index (Phi) is 6.38. The Labute approximate surface area is 216 Å². The average Bonchev–Trinajstić information content (AvgIpc) is 3.22. The molecule has 2 N–H and O–H groups in total. The standard InChI is InChI=1S/C26H22F3N3O5S/c1-38(36)23-30-21-19(22(33)32(23)14-26(27,28)29)18(15-6-3-2-4-7-15)20(37-21)16-8-10-17(11-9-16)25(12-5-13-25)31-24(34)35/h2-4,6-11,31H,5,12-14H2,1H3,(H,34,35). The maximum Gasteiger partial charge on any atom is 0.406 e. The van der Waals surface area contributed by atoms with Gasteiger partial charge in [0, 0.05) is 17.4 Å². The zero-order chi connectivity index (χ0) is 27.2. The van der Waals surface area contributed by atoms with E-state index in [0.29, 0.717) is 28.5 Å². The molecule has 5 rings (SSSR count). The van der Waals surface area contributed by atoms with Crippen LogP contribution in [0, 0.1) is 0 Å². The molecular weight excluding hydrogens is 523 g/mol. The minimum absolute atomic E-state index is 0.156. The predicted octanol–water partition coefficient (Wildman–Crippen LogP) is 5.27. The molecule has 2 heterocycles. The first-order valence-electron chi connectivity index (χ1n) is 11.6. The maximum absolute atomic E-state index is 13.5. The number of nitrogens with one attached hydrogen (secondary N) is 1. The number of amides is 1. The molecule has 1 fully saturated rings. The van der Waals surface area contributed by atoms with Crippen molar-refractivity contribution in [2.45, 2.75) is 42.7 Å². The molecule has 1 aliphatic rings. The van der Waals surface area contributed by atoms with Crippen molar-refractivity contribution in [2.75, 3.05) is 6.26 Å². The number of benzene rings is 2. The van der Waals surface area contributed by atoms with Crippen molar-refractivity contribution in [1.29, 1.82) is 0 Å². The SMILES string of the molecule is CS(=O)c1nc2oc(-c3ccc(C4(NC(=O)O)CCC4)cc3)c(-c3ccccc3)c2c(=O)n1CC(F)(F)F. The summed E-state index contributed by atoms with van der Waals surface area (Å²) in [5.74, 6) is 0.203. The van der Waals surface area contributed by atoms with Gasteiger partial charge in [-0.05, 0) is 30.4 Å². The molecule has 0 radical (unpaired) electrons. The van der Waals surface area contributed by atoms with Crippen molar-refractivity contribution < 1.29 is 31.7 Å². The summed E-state index contributed by atoms with van der Waals surface area (Å²) in [6.45, 7) is -1.65. The van der Waals surface area contributed by atoms with Gasteiger partial charge in [-0.3, -0.25) is 13.6 Å². The molecule has 1 amide bonds. The second-order valence-corrected chi connectivity index (χ2v) is 10.4. The Hall–Kier alpha value is -3.93. The van der Waals surface area contributed by atoms with Crippen molar-refractivity contribution in [3.05, 3.63) is 70.5 Å². The molecule has 1 saturated carbocycles. The van der Waals surface area contributed by atoms with Crippen LogP contribution in [0.4, 0.5) is 18.0 Å². The average molecular weight is 546 g/mol. The van der Waals surface area contributed by atoms with Crippen molar-refractivity contribution in [2.24, 2.45) is 0 Å². The summed E-state index contributed by atoms with van der Waals surface area (Å²) >= 11 is 0. The molecule has 0 spiro atoms. The number of rotatable bonds is 6. The lowest BCUT2D eigenvalue weighted by Crippen LogP contribution is -2.50. The smallest absolute Gasteiger partial charge is 0.406 e. The third-order valence-electron chi connectivity index (χ3n) is 6.69. The Bertz CT molecular complexity index is 1610. The third kappa shape index (κ3) is 4.60. The molecule has 12 heteroatoms. The fourth-order valence-electron chi connectivity index (χ4n) is 4.85. The Morgan fingerprint density at radius 3 is 2.32 bits per heavy atom. The van der Waals surface area contributed by atoms with Crippen molar-refractivity contribution in [3.63, 3.8) is 0 Å². The first kappa shape index (κ1) is 25.7. The van der Waals surface area contributed by atoms with Gasteiger partial charge in [-0.15, -0.1) is 0 Å². The fraction of sp³-hybridized carbons (Fsp3) is 0.269. The number of halogens is 3. The summed E-state index contributed by atoms with van der Waals surface area (Å²) in [4.78, 5) is 28.9. The van der Waals surface area contributed by atoms with Gasteiger partial charge in [0.1, 0.15) is 17.7 Å². The summed E-state index contributed by atoms with van der Waals surface area (Å²) in [7, 11) is -2.00. The first-order chi connectivity index (χ1) is 18.0. The molecule has 1 atom stereocenters. The maximum atomic E-state index is 13.5. The number of hydrogen-bond donors (Lipinski definition) is 2. The zero-order valence-electron chi connectivity index (χ0n) is 20.0. The molecule has 1 unspecified atom stereocenters. The fourth-order valence-corrected chi connectivity index (χ4v) is 5.52. The second-order valence-electron chi connectivity index (χ2n) is 9.15. The molecular formula is C26H22F3N3O5S. The molecule has 2 aromatic carbocycles.